The summed E-state index contributed by atoms with van der Waals surface area (Å²) in [4.78, 5) is 0. The highest BCUT2D eigenvalue weighted by Gasteiger charge is 2.23. The Morgan fingerprint density at radius 3 is 2.82 bits per heavy atom. The van der Waals surface area contributed by atoms with Crippen LogP contribution >= 0.6 is 27.5 Å². The van der Waals surface area contributed by atoms with Crippen molar-refractivity contribution in [3.8, 4) is 0 Å². The van der Waals surface area contributed by atoms with Crippen molar-refractivity contribution in [3.05, 3.63) is 9.76 Å². The Morgan fingerprint density at radius 1 is 1.64 bits per heavy atom. The summed E-state index contributed by atoms with van der Waals surface area (Å²) in [6.07, 6.45) is 2.60. The predicted octanol–water partition coefficient (Wildman–Crippen LogP) is 2.10. The Morgan fingerprint density at radius 2 is 2.36 bits per heavy atom. The highest BCUT2D eigenvalue weighted by molar-refractivity contribution is 9.10. The quantitative estimate of drug-likeness (QED) is 0.787. The molecule has 0 unspecified atom stereocenters. The Kier molecular flexibility index (Phi) is 1.89. The monoisotopic (exact) mass is 235 g/mol. The molecule has 1 aliphatic rings. The molecule has 0 amide bonds. The maximum atomic E-state index is 5.87. The number of halogens is 2. The van der Waals surface area contributed by atoms with Crippen LogP contribution in [0.4, 0.5) is 0 Å². The molecule has 5 heteroatoms. The lowest BCUT2D eigenvalue weighted by Gasteiger charge is -1.97. The fourth-order valence-electron chi connectivity index (χ4n) is 0.942. The van der Waals surface area contributed by atoms with Crippen molar-refractivity contribution in [2.24, 2.45) is 5.92 Å². The molecule has 2 rings (SSSR count). The fraction of sp³-hybridized carbons (Fsp3) is 0.667. The molecule has 0 spiro atoms. The van der Waals surface area contributed by atoms with Crippen LogP contribution in [0.25, 0.3) is 0 Å². The molecule has 0 atom stereocenters. The summed E-state index contributed by atoms with van der Waals surface area (Å²) < 4.78 is 2.38. The van der Waals surface area contributed by atoms with Gasteiger partial charge in [0.1, 0.15) is 0 Å². The van der Waals surface area contributed by atoms with Crippen molar-refractivity contribution in [2.75, 3.05) is 0 Å². The standard InChI is InChI=1S/C6H7BrClN3/c7-5-6(8)11(10-9-5)3-4-1-2-4/h4H,1-3H2. The smallest absolute Gasteiger partial charge is 0.167 e. The van der Waals surface area contributed by atoms with Gasteiger partial charge < -0.3 is 0 Å². The van der Waals surface area contributed by atoms with Crippen LogP contribution in [0, 0.1) is 5.92 Å². The van der Waals surface area contributed by atoms with Gasteiger partial charge in [0.05, 0.1) is 0 Å². The first-order valence-corrected chi connectivity index (χ1v) is 4.69. The van der Waals surface area contributed by atoms with E-state index in [1.54, 1.807) is 4.68 Å². The van der Waals surface area contributed by atoms with E-state index >= 15 is 0 Å². The van der Waals surface area contributed by atoms with Gasteiger partial charge in [-0.2, -0.15) is 0 Å². The van der Waals surface area contributed by atoms with Crippen LogP contribution in [-0.2, 0) is 6.54 Å². The molecule has 0 aliphatic heterocycles. The zero-order chi connectivity index (χ0) is 7.84. The first-order chi connectivity index (χ1) is 5.27. The molecule has 0 N–H and O–H groups in total. The minimum Gasteiger partial charge on any atom is -0.232 e. The summed E-state index contributed by atoms with van der Waals surface area (Å²) in [6, 6.07) is 0. The maximum absolute atomic E-state index is 5.87. The van der Waals surface area contributed by atoms with Gasteiger partial charge in [-0.3, -0.25) is 0 Å². The summed E-state index contributed by atoms with van der Waals surface area (Å²) in [5, 5.41) is 8.29. The van der Waals surface area contributed by atoms with Crippen LogP contribution in [0.5, 0.6) is 0 Å². The van der Waals surface area contributed by atoms with Gasteiger partial charge in [-0.1, -0.05) is 16.8 Å². The number of aromatic nitrogens is 3. The molecular weight excluding hydrogens is 229 g/mol. The Hall–Kier alpha value is -0.0900. The lowest BCUT2D eigenvalue weighted by atomic mass is 10.4. The first kappa shape index (κ1) is 7.55. The van der Waals surface area contributed by atoms with Gasteiger partial charge >= 0.3 is 0 Å². The van der Waals surface area contributed by atoms with Crippen LogP contribution in [0.2, 0.25) is 5.15 Å². The average molecular weight is 236 g/mol. The second kappa shape index (κ2) is 2.75. The molecule has 60 valence electrons. The molecule has 11 heavy (non-hydrogen) atoms. The second-order valence-electron chi connectivity index (χ2n) is 2.80. The zero-order valence-electron chi connectivity index (χ0n) is 5.80. The van der Waals surface area contributed by atoms with E-state index in [9.17, 15) is 0 Å². The molecule has 1 fully saturated rings. The van der Waals surface area contributed by atoms with Gasteiger partial charge in [-0.25, -0.2) is 4.68 Å². The first-order valence-electron chi connectivity index (χ1n) is 3.52. The van der Waals surface area contributed by atoms with Gasteiger partial charge in [0.15, 0.2) is 9.76 Å². The predicted molar refractivity (Wildman–Crippen MR) is 45.5 cm³/mol. The van der Waals surface area contributed by atoms with Crippen molar-refractivity contribution < 1.29 is 0 Å². The van der Waals surface area contributed by atoms with Gasteiger partial charge in [-0.15, -0.1) is 5.10 Å². The van der Waals surface area contributed by atoms with E-state index in [1.165, 1.54) is 12.8 Å². The summed E-state index contributed by atoms with van der Waals surface area (Å²) in [5.74, 6) is 0.779. The molecule has 1 heterocycles. The average Bonchev–Trinajstić information content (AvgIpc) is 2.74. The minimum absolute atomic E-state index is 0.608. The second-order valence-corrected chi connectivity index (χ2v) is 3.91. The van der Waals surface area contributed by atoms with E-state index in [0.29, 0.717) is 9.76 Å². The number of rotatable bonds is 2. The van der Waals surface area contributed by atoms with Crippen LogP contribution in [0.15, 0.2) is 4.60 Å². The van der Waals surface area contributed by atoms with Crippen molar-refractivity contribution in [2.45, 2.75) is 19.4 Å². The normalized spacial score (nSPS) is 17.3. The van der Waals surface area contributed by atoms with Crippen molar-refractivity contribution >= 4 is 27.5 Å². The summed E-state index contributed by atoms with van der Waals surface area (Å²) >= 11 is 9.07. The Balaban J connectivity index is 2.15. The summed E-state index contributed by atoms with van der Waals surface area (Å²) in [6.45, 7) is 0.914. The van der Waals surface area contributed by atoms with Crippen LogP contribution in [-0.4, -0.2) is 15.0 Å². The lowest BCUT2D eigenvalue weighted by Crippen LogP contribution is -2.01. The van der Waals surface area contributed by atoms with Crippen molar-refractivity contribution in [1.82, 2.24) is 15.0 Å². The molecule has 0 bridgehead atoms. The topological polar surface area (TPSA) is 30.7 Å². The van der Waals surface area contributed by atoms with Gasteiger partial charge in [0.25, 0.3) is 0 Å². The van der Waals surface area contributed by atoms with Crippen LogP contribution in [0.3, 0.4) is 0 Å². The molecule has 1 saturated carbocycles. The zero-order valence-corrected chi connectivity index (χ0v) is 8.14. The number of hydrogen-bond acceptors (Lipinski definition) is 2. The molecule has 0 saturated heterocycles. The van der Waals surface area contributed by atoms with E-state index in [-0.39, 0.29) is 0 Å². The van der Waals surface area contributed by atoms with Crippen LogP contribution in [0.1, 0.15) is 12.8 Å². The van der Waals surface area contributed by atoms with Crippen molar-refractivity contribution in [1.29, 1.82) is 0 Å². The van der Waals surface area contributed by atoms with E-state index in [1.807, 2.05) is 0 Å². The number of nitrogens with zero attached hydrogens (tertiary/aromatic N) is 3. The number of hydrogen-bond donors (Lipinski definition) is 0. The van der Waals surface area contributed by atoms with E-state index in [4.69, 9.17) is 11.6 Å². The molecule has 1 aliphatic carbocycles. The molecule has 0 aromatic carbocycles. The van der Waals surface area contributed by atoms with Crippen molar-refractivity contribution in [3.63, 3.8) is 0 Å². The van der Waals surface area contributed by atoms with Gasteiger partial charge in [0.2, 0.25) is 0 Å². The largest absolute Gasteiger partial charge is 0.232 e. The summed E-state index contributed by atoms with van der Waals surface area (Å²) in [7, 11) is 0. The van der Waals surface area contributed by atoms with Gasteiger partial charge in [0, 0.05) is 6.54 Å². The highest BCUT2D eigenvalue weighted by Crippen LogP contribution is 2.32. The molecular formula is C6H7BrClN3. The third-order valence-electron chi connectivity index (χ3n) is 1.77. The third-order valence-corrected chi connectivity index (χ3v) is 2.90. The molecule has 1 aromatic heterocycles. The SMILES string of the molecule is Clc1c(Br)nnn1CC1CC1. The summed E-state index contributed by atoms with van der Waals surface area (Å²) in [5.41, 5.74) is 0. The van der Waals surface area contributed by atoms with Gasteiger partial charge in [-0.05, 0) is 34.7 Å². The molecule has 1 aromatic rings. The Bertz CT molecular complexity index is 269. The van der Waals surface area contributed by atoms with E-state index in [0.717, 1.165) is 12.5 Å². The Labute approximate surface area is 77.9 Å². The maximum Gasteiger partial charge on any atom is 0.167 e. The third kappa shape index (κ3) is 1.56. The molecule has 3 nitrogen and oxygen atoms in total. The highest BCUT2D eigenvalue weighted by atomic mass is 79.9. The van der Waals surface area contributed by atoms with E-state index < -0.39 is 0 Å². The lowest BCUT2D eigenvalue weighted by molar-refractivity contribution is 0.544. The van der Waals surface area contributed by atoms with Crippen LogP contribution < -0.4 is 0 Å². The fourth-order valence-corrected chi connectivity index (χ4v) is 1.36. The minimum atomic E-state index is 0.608. The molecule has 0 radical (unpaired) electrons. The van der Waals surface area contributed by atoms with E-state index in [2.05, 4.69) is 26.2 Å².